The number of nitrogens with one attached hydrogen (secondary N) is 1. The van der Waals surface area contributed by atoms with Gasteiger partial charge >= 0.3 is 5.97 Å². The van der Waals surface area contributed by atoms with Gasteiger partial charge in [0, 0.05) is 5.56 Å². The molecule has 1 aromatic carbocycles. The molecular weight excluding hydrogens is 292 g/mol. The summed E-state index contributed by atoms with van der Waals surface area (Å²) in [6.45, 7) is 1.44. The number of nitrogens with two attached hydrogens (primary N) is 1. The molecule has 0 aliphatic rings. The molecule has 0 spiro atoms. The molecule has 21 heavy (non-hydrogen) atoms. The highest BCUT2D eigenvalue weighted by molar-refractivity contribution is 7.99. The number of rotatable bonds is 8. The van der Waals surface area contributed by atoms with Crippen molar-refractivity contribution >= 4 is 35.1 Å². The van der Waals surface area contributed by atoms with Crippen LogP contribution in [-0.2, 0) is 9.59 Å². The Labute approximate surface area is 127 Å². The third-order valence-electron chi connectivity index (χ3n) is 2.70. The highest BCUT2D eigenvalue weighted by Gasteiger charge is 2.12. The van der Waals surface area contributed by atoms with Gasteiger partial charge in [-0.05, 0) is 31.2 Å². The summed E-state index contributed by atoms with van der Waals surface area (Å²) < 4.78 is 0. The van der Waals surface area contributed by atoms with E-state index in [2.05, 4.69) is 5.32 Å². The van der Waals surface area contributed by atoms with Gasteiger partial charge in [0.1, 0.15) is 6.04 Å². The standard InChI is InChI=1S/C14H18N2O4S/c1-9(17)10-4-2-3-5-12(10)16-13(18)8-21-7-6-11(15)14(19)20/h2-5,11H,6-8,15H2,1H3,(H,16,18)(H,19,20). The number of thioether (sulfide) groups is 1. The summed E-state index contributed by atoms with van der Waals surface area (Å²) in [4.78, 5) is 33.7. The largest absolute Gasteiger partial charge is 0.480 e. The third-order valence-corrected chi connectivity index (χ3v) is 3.69. The van der Waals surface area contributed by atoms with Gasteiger partial charge in [-0.1, -0.05) is 12.1 Å². The van der Waals surface area contributed by atoms with Crippen LogP contribution in [0.15, 0.2) is 24.3 Å². The van der Waals surface area contributed by atoms with Crippen LogP contribution in [0, 0.1) is 0 Å². The van der Waals surface area contributed by atoms with Crippen LogP contribution in [0.3, 0.4) is 0 Å². The Bertz CT molecular complexity index is 533. The van der Waals surface area contributed by atoms with Gasteiger partial charge in [-0.2, -0.15) is 11.8 Å². The summed E-state index contributed by atoms with van der Waals surface area (Å²) in [6.07, 6.45) is 0.303. The molecule has 0 saturated heterocycles. The zero-order chi connectivity index (χ0) is 15.8. The first-order chi connectivity index (χ1) is 9.91. The molecule has 0 aliphatic carbocycles. The minimum Gasteiger partial charge on any atom is -0.480 e. The molecule has 7 heteroatoms. The summed E-state index contributed by atoms with van der Waals surface area (Å²) in [5.41, 5.74) is 6.31. The summed E-state index contributed by atoms with van der Waals surface area (Å²) in [7, 11) is 0. The number of carboxylic acids is 1. The molecule has 1 rings (SSSR count). The molecule has 0 radical (unpaired) electrons. The van der Waals surface area contributed by atoms with Gasteiger partial charge in [0.15, 0.2) is 5.78 Å². The van der Waals surface area contributed by atoms with E-state index in [0.29, 0.717) is 23.4 Å². The average Bonchev–Trinajstić information content (AvgIpc) is 2.43. The van der Waals surface area contributed by atoms with Crippen molar-refractivity contribution < 1.29 is 19.5 Å². The number of carbonyl (C=O) groups excluding carboxylic acids is 2. The van der Waals surface area contributed by atoms with Crippen LogP contribution in [0.2, 0.25) is 0 Å². The number of hydrogen-bond donors (Lipinski definition) is 3. The van der Waals surface area contributed by atoms with Crippen molar-refractivity contribution in [3.8, 4) is 0 Å². The van der Waals surface area contributed by atoms with Crippen LogP contribution in [0.1, 0.15) is 23.7 Å². The summed E-state index contributed by atoms with van der Waals surface area (Å²) >= 11 is 1.30. The van der Waals surface area contributed by atoms with Crippen molar-refractivity contribution in [2.75, 3.05) is 16.8 Å². The van der Waals surface area contributed by atoms with E-state index in [4.69, 9.17) is 10.8 Å². The third kappa shape index (κ3) is 5.97. The zero-order valence-corrected chi connectivity index (χ0v) is 12.5. The van der Waals surface area contributed by atoms with E-state index in [1.165, 1.54) is 18.7 Å². The second-order valence-corrected chi connectivity index (χ2v) is 5.54. The Morgan fingerprint density at radius 1 is 1.33 bits per heavy atom. The first kappa shape index (κ1) is 17.2. The minimum absolute atomic E-state index is 0.119. The van der Waals surface area contributed by atoms with Gasteiger partial charge in [0.2, 0.25) is 5.91 Å². The fourth-order valence-electron chi connectivity index (χ4n) is 1.58. The average molecular weight is 310 g/mol. The number of carboxylic acid groups (broad SMARTS) is 1. The lowest BCUT2D eigenvalue weighted by Crippen LogP contribution is -2.30. The smallest absolute Gasteiger partial charge is 0.320 e. The number of Topliss-reactive ketones (excluding diaryl/α,β-unsaturated/α-hetero) is 1. The molecule has 0 fully saturated rings. The maximum Gasteiger partial charge on any atom is 0.320 e. The molecule has 114 valence electrons. The number of carbonyl (C=O) groups is 3. The lowest BCUT2D eigenvalue weighted by Gasteiger charge is -2.09. The second-order valence-electron chi connectivity index (χ2n) is 4.44. The number of benzene rings is 1. The van der Waals surface area contributed by atoms with E-state index in [1.54, 1.807) is 24.3 Å². The van der Waals surface area contributed by atoms with Crippen LogP contribution in [-0.4, -0.2) is 40.3 Å². The lowest BCUT2D eigenvalue weighted by molar-refractivity contribution is -0.138. The molecule has 0 saturated carbocycles. The van der Waals surface area contributed by atoms with Gasteiger partial charge in [-0.3, -0.25) is 14.4 Å². The molecule has 0 bridgehead atoms. The van der Waals surface area contributed by atoms with E-state index in [9.17, 15) is 14.4 Å². The number of aliphatic carboxylic acids is 1. The van der Waals surface area contributed by atoms with Crippen molar-refractivity contribution in [1.29, 1.82) is 0 Å². The maximum atomic E-state index is 11.8. The first-order valence-electron chi connectivity index (χ1n) is 6.37. The molecule has 1 atom stereocenters. The lowest BCUT2D eigenvalue weighted by atomic mass is 10.1. The van der Waals surface area contributed by atoms with Crippen molar-refractivity contribution in [3.05, 3.63) is 29.8 Å². The number of hydrogen-bond acceptors (Lipinski definition) is 5. The van der Waals surface area contributed by atoms with Crippen molar-refractivity contribution in [2.45, 2.75) is 19.4 Å². The van der Waals surface area contributed by atoms with Crippen LogP contribution in [0.5, 0.6) is 0 Å². The topological polar surface area (TPSA) is 109 Å². The quantitative estimate of drug-likeness (QED) is 0.494. The van der Waals surface area contributed by atoms with Crippen molar-refractivity contribution in [1.82, 2.24) is 0 Å². The Hall–Kier alpha value is -1.86. The SMILES string of the molecule is CC(=O)c1ccccc1NC(=O)CSCCC(N)C(=O)O. The first-order valence-corrected chi connectivity index (χ1v) is 7.53. The van der Waals surface area contributed by atoms with Crippen LogP contribution in [0.25, 0.3) is 0 Å². The van der Waals surface area contributed by atoms with E-state index in [1.807, 2.05) is 0 Å². The van der Waals surface area contributed by atoms with E-state index < -0.39 is 12.0 Å². The Morgan fingerprint density at radius 3 is 2.62 bits per heavy atom. The Kier molecular flexibility index (Phi) is 6.90. The van der Waals surface area contributed by atoms with Gasteiger partial charge in [0.05, 0.1) is 11.4 Å². The number of para-hydroxylation sites is 1. The predicted octanol–water partition coefficient (Wildman–Crippen LogP) is 1.36. The highest BCUT2D eigenvalue weighted by Crippen LogP contribution is 2.16. The van der Waals surface area contributed by atoms with Crippen molar-refractivity contribution in [3.63, 3.8) is 0 Å². The monoisotopic (exact) mass is 310 g/mol. The molecule has 1 unspecified atom stereocenters. The number of amides is 1. The zero-order valence-electron chi connectivity index (χ0n) is 11.7. The molecule has 1 amide bonds. The van der Waals surface area contributed by atoms with Gasteiger partial charge in [-0.25, -0.2) is 0 Å². The fourth-order valence-corrected chi connectivity index (χ4v) is 2.41. The van der Waals surface area contributed by atoms with Gasteiger partial charge in [0.25, 0.3) is 0 Å². The molecule has 0 heterocycles. The molecule has 1 aromatic rings. The van der Waals surface area contributed by atoms with Gasteiger partial charge in [-0.15, -0.1) is 0 Å². The minimum atomic E-state index is -1.05. The highest BCUT2D eigenvalue weighted by atomic mass is 32.2. The normalized spacial score (nSPS) is 11.7. The predicted molar refractivity (Wildman–Crippen MR) is 82.6 cm³/mol. The summed E-state index contributed by atoms with van der Waals surface area (Å²) in [5.74, 6) is -0.743. The molecule has 0 aliphatic heterocycles. The Morgan fingerprint density at radius 2 is 2.00 bits per heavy atom. The van der Waals surface area contributed by atoms with E-state index in [0.717, 1.165) is 0 Å². The Balaban J connectivity index is 2.41. The maximum absolute atomic E-state index is 11.8. The van der Waals surface area contributed by atoms with Crippen molar-refractivity contribution in [2.24, 2.45) is 5.73 Å². The van der Waals surface area contributed by atoms with Crippen LogP contribution >= 0.6 is 11.8 Å². The molecule has 6 nitrogen and oxygen atoms in total. The number of anilines is 1. The fraction of sp³-hybridized carbons (Fsp3) is 0.357. The number of ketones is 1. The van der Waals surface area contributed by atoms with Gasteiger partial charge < -0.3 is 16.2 Å². The molecular formula is C14H18N2O4S. The van der Waals surface area contributed by atoms with Crippen LogP contribution < -0.4 is 11.1 Å². The summed E-state index contributed by atoms with van der Waals surface area (Å²) in [6, 6.07) is 5.88. The second kappa shape index (κ2) is 8.43. The molecule has 4 N–H and O–H groups in total. The molecule has 0 aromatic heterocycles. The van der Waals surface area contributed by atoms with E-state index >= 15 is 0 Å². The summed E-state index contributed by atoms with van der Waals surface area (Å²) in [5, 5.41) is 11.3. The van der Waals surface area contributed by atoms with Crippen LogP contribution in [0.4, 0.5) is 5.69 Å². The van der Waals surface area contributed by atoms with E-state index in [-0.39, 0.29) is 17.4 Å².